The molecule has 8 nitrogen and oxygen atoms in total. The van der Waals surface area contributed by atoms with Gasteiger partial charge in [0.25, 0.3) is 0 Å². The topological polar surface area (TPSA) is 105 Å². The summed E-state index contributed by atoms with van der Waals surface area (Å²) in [6.07, 6.45) is 0.797. The van der Waals surface area contributed by atoms with Gasteiger partial charge in [-0.05, 0) is 68.7 Å². The van der Waals surface area contributed by atoms with Gasteiger partial charge < -0.3 is 15.4 Å². The van der Waals surface area contributed by atoms with Crippen LogP contribution in [0.25, 0.3) is 0 Å². The number of amides is 2. The number of hydrogen-bond donors (Lipinski definition) is 2. The van der Waals surface area contributed by atoms with E-state index >= 15 is 0 Å². The minimum Gasteiger partial charge on any atom is -0.489 e. The molecular weight excluding hydrogens is 502 g/mol. The second-order valence-corrected chi connectivity index (χ2v) is 11.4. The second kappa shape index (κ2) is 12.2. The largest absolute Gasteiger partial charge is 0.489 e. The van der Waals surface area contributed by atoms with E-state index in [1.54, 1.807) is 55.5 Å². The zero-order chi connectivity index (χ0) is 27.1. The van der Waals surface area contributed by atoms with Crippen LogP contribution in [-0.2, 0) is 26.2 Å². The summed E-state index contributed by atoms with van der Waals surface area (Å²) in [6, 6.07) is 22.9. The molecular formula is C29H33N3O5S. The number of hydrogen-bond acceptors (Lipinski definition) is 5. The lowest BCUT2D eigenvalue weighted by Gasteiger charge is -2.31. The van der Waals surface area contributed by atoms with E-state index in [0.717, 1.165) is 11.1 Å². The van der Waals surface area contributed by atoms with Crippen molar-refractivity contribution in [2.24, 2.45) is 5.92 Å². The standard InChI is InChI=1S/C29H33N3O5S/c1-21-8-14-27(15-9-21)38(35,36)32-18-16-24(17-19-32)29(34)30-22(2)28(33)31-25-10-12-26(13-11-25)37-20-23-6-4-3-5-7-23/h3-15,22,24H,16-20H2,1-2H3,(H,30,34)(H,31,33). The number of benzene rings is 3. The number of carbonyl (C=O) groups is 2. The molecule has 0 radical (unpaired) electrons. The first kappa shape index (κ1) is 27.3. The van der Waals surface area contributed by atoms with Crippen molar-refractivity contribution in [3.8, 4) is 5.75 Å². The Balaban J connectivity index is 1.23. The van der Waals surface area contributed by atoms with Crippen molar-refractivity contribution in [1.82, 2.24) is 9.62 Å². The molecule has 1 atom stereocenters. The number of nitrogens with zero attached hydrogens (tertiary/aromatic N) is 1. The smallest absolute Gasteiger partial charge is 0.246 e. The predicted molar refractivity (Wildman–Crippen MR) is 146 cm³/mol. The molecule has 9 heteroatoms. The summed E-state index contributed by atoms with van der Waals surface area (Å²) >= 11 is 0. The molecule has 1 heterocycles. The maximum atomic E-state index is 12.9. The summed E-state index contributed by atoms with van der Waals surface area (Å²) in [5, 5.41) is 5.57. The number of anilines is 1. The van der Waals surface area contributed by atoms with E-state index < -0.39 is 16.1 Å². The van der Waals surface area contributed by atoms with Crippen molar-refractivity contribution in [1.29, 1.82) is 0 Å². The van der Waals surface area contributed by atoms with Crippen LogP contribution in [0.2, 0.25) is 0 Å². The highest BCUT2D eigenvalue weighted by Gasteiger charge is 2.32. The van der Waals surface area contributed by atoms with Gasteiger partial charge in [0, 0.05) is 24.7 Å². The summed E-state index contributed by atoms with van der Waals surface area (Å²) in [4.78, 5) is 25.7. The molecule has 0 aliphatic carbocycles. The Morgan fingerprint density at radius 3 is 2.21 bits per heavy atom. The average molecular weight is 536 g/mol. The molecule has 0 spiro atoms. The van der Waals surface area contributed by atoms with Crippen LogP contribution < -0.4 is 15.4 Å². The number of ether oxygens (including phenoxy) is 1. The Hall–Kier alpha value is -3.69. The summed E-state index contributed by atoms with van der Waals surface area (Å²) < 4.78 is 33.0. The van der Waals surface area contributed by atoms with Crippen LogP contribution in [0.3, 0.4) is 0 Å². The van der Waals surface area contributed by atoms with Crippen LogP contribution in [0.5, 0.6) is 5.75 Å². The lowest BCUT2D eigenvalue weighted by Crippen LogP contribution is -2.47. The van der Waals surface area contributed by atoms with Gasteiger partial charge in [0.05, 0.1) is 4.90 Å². The molecule has 1 unspecified atom stereocenters. The molecule has 200 valence electrons. The second-order valence-electron chi connectivity index (χ2n) is 9.51. The van der Waals surface area contributed by atoms with E-state index in [2.05, 4.69) is 10.6 Å². The first-order valence-corrected chi connectivity index (χ1v) is 14.1. The molecule has 3 aromatic carbocycles. The van der Waals surface area contributed by atoms with Crippen molar-refractivity contribution >= 4 is 27.5 Å². The number of aryl methyl sites for hydroxylation is 1. The molecule has 1 aliphatic heterocycles. The fourth-order valence-corrected chi connectivity index (χ4v) is 5.71. The molecule has 1 saturated heterocycles. The molecule has 2 N–H and O–H groups in total. The zero-order valence-corrected chi connectivity index (χ0v) is 22.4. The van der Waals surface area contributed by atoms with Crippen molar-refractivity contribution in [2.75, 3.05) is 18.4 Å². The quantitative estimate of drug-likeness (QED) is 0.429. The van der Waals surface area contributed by atoms with E-state index in [-0.39, 0.29) is 35.7 Å². The lowest BCUT2D eigenvalue weighted by atomic mass is 9.97. The van der Waals surface area contributed by atoms with Crippen LogP contribution in [0.1, 0.15) is 30.9 Å². The molecule has 1 fully saturated rings. The molecule has 38 heavy (non-hydrogen) atoms. The van der Waals surface area contributed by atoms with Crippen LogP contribution in [0, 0.1) is 12.8 Å². The number of sulfonamides is 1. The van der Waals surface area contributed by atoms with E-state index in [1.165, 1.54) is 4.31 Å². The lowest BCUT2D eigenvalue weighted by molar-refractivity contribution is -0.129. The summed E-state index contributed by atoms with van der Waals surface area (Å²) in [7, 11) is -3.59. The predicted octanol–water partition coefficient (Wildman–Crippen LogP) is 4.12. The summed E-state index contributed by atoms with van der Waals surface area (Å²) in [5.41, 5.74) is 2.65. The summed E-state index contributed by atoms with van der Waals surface area (Å²) in [5.74, 6) is -0.250. The number of nitrogens with one attached hydrogen (secondary N) is 2. The van der Waals surface area contributed by atoms with Gasteiger partial charge in [-0.2, -0.15) is 4.31 Å². The maximum absolute atomic E-state index is 12.9. The average Bonchev–Trinajstić information content (AvgIpc) is 2.93. The number of carbonyl (C=O) groups excluding carboxylic acids is 2. The third-order valence-corrected chi connectivity index (χ3v) is 8.52. The fraction of sp³-hybridized carbons (Fsp3) is 0.310. The first-order chi connectivity index (χ1) is 18.2. The highest BCUT2D eigenvalue weighted by Crippen LogP contribution is 2.24. The Bertz CT molecular complexity index is 1340. The molecule has 2 amide bonds. The van der Waals surface area contributed by atoms with E-state index in [9.17, 15) is 18.0 Å². The Morgan fingerprint density at radius 1 is 0.947 bits per heavy atom. The molecule has 3 aromatic rings. The van der Waals surface area contributed by atoms with Crippen molar-refractivity contribution in [3.63, 3.8) is 0 Å². The van der Waals surface area contributed by atoms with Crippen molar-refractivity contribution in [2.45, 2.75) is 44.2 Å². The molecule has 0 saturated carbocycles. The van der Waals surface area contributed by atoms with Gasteiger partial charge >= 0.3 is 0 Å². The highest BCUT2D eigenvalue weighted by molar-refractivity contribution is 7.89. The zero-order valence-electron chi connectivity index (χ0n) is 21.6. The SMILES string of the molecule is Cc1ccc(S(=O)(=O)N2CCC(C(=O)NC(C)C(=O)Nc3ccc(OCc4ccccc4)cc3)CC2)cc1. The minimum absolute atomic E-state index is 0.246. The van der Waals surface area contributed by atoms with Gasteiger partial charge in [-0.25, -0.2) is 8.42 Å². The molecule has 0 bridgehead atoms. The van der Waals surface area contributed by atoms with Gasteiger partial charge in [-0.15, -0.1) is 0 Å². The third kappa shape index (κ3) is 6.99. The maximum Gasteiger partial charge on any atom is 0.246 e. The van der Waals surface area contributed by atoms with E-state index in [0.29, 0.717) is 30.9 Å². The van der Waals surface area contributed by atoms with Crippen LogP contribution in [0.15, 0.2) is 83.8 Å². The Morgan fingerprint density at radius 2 is 1.58 bits per heavy atom. The number of rotatable bonds is 9. The van der Waals surface area contributed by atoms with Gasteiger partial charge in [-0.3, -0.25) is 9.59 Å². The highest BCUT2D eigenvalue weighted by atomic mass is 32.2. The normalized spacial score (nSPS) is 15.4. The Labute approximate surface area is 224 Å². The van der Waals surface area contributed by atoms with Gasteiger partial charge in [0.1, 0.15) is 18.4 Å². The molecule has 0 aromatic heterocycles. The van der Waals surface area contributed by atoms with Crippen molar-refractivity contribution in [3.05, 3.63) is 90.0 Å². The van der Waals surface area contributed by atoms with Crippen LogP contribution in [-0.4, -0.2) is 43.7 Å². The van der Waals surface area contributed by atoms with Crippen LogP contribution in [0.4, 0.5) is 5.69 Å². The van der Waals surface area contributed by atoms with Crippen molar-refractivity contribution < 1.29 is 22.7 Å². The first-order valence-electron chi connectivity index (χ1n) is 12.7. The fourth-order valence-electron chi connectivity index (χ4n) is 4.24. The van der Waals surface area contributed by atoms with E-state index in [4.69, 9.17) is 4.74 Å². The third-order valence-electron chi connectivity index (χ3n) is 6.61. The van der Waals surface area contributed by atoms with Gasteiger partial charge in [-0.1, -0.05) is 48.0 Å². The summed E-state index contributed by atoms with van der Waals surface area (Å²) in [6.45, 7) is 4.50. The number of piperidine rings is 1. The van der Waals surface area contributed by atoms with E-state index in [1.807, 2.05) is 37.3 Å². The molecule has 4 rings (SSSR count). The monoisotopic (exact) mass is 535 g/mol. The van der Waals surface area contributed by atoms with Gasteiger partial charge in [0.2, 0.25) is 21.8 Å². The Kier molecular flexibility index (Phi) is 8.81. The molecule has 1 aliphatic rings. The van der Waals surface area contributed by atoms with Gasteiger partial charge in [0.15, 0.2) is 0 Å². The van der Waals surface area contributed by atoms with Crippen LogP contribution >= 0.6 is 0 Å². The minimum atomic E-state index is -3.59.